The molecule has 100 valence electrons. The Morgan fingerprint density at radius 1 is 1.42 bits per heavy atom. The van der Waals surface area contributed by atoms with Crippen molar-refractivity contribution < 1.29 is 4.79 Å². The molecule has 2 heterocycles. The Kier molecular flexibility index (Phi) is 3.64. The Balaban J connectivity index is 2.21. The third kappa shape index (κ3) is 2.65. The summed E-state index contributed by atoms with van der Waals surface area (Å²) in [5.41, 5.74) is 3.26. The Labute approximate surface area is 112 Å². The lowest BCUT2D eigenvalue weighted by Gasteiger charge is -1.96. The fourth-order valence-electron chi connectivity index (χ4n) is 2.02. The molecule has 0 aromatic carbocycles. The van der Waals surface area contributed by atoms with Gasteiger partial charge in [-0.2, -0.15) is 10.2 Å². The molecule has 0 saturated carbocycles. The van der Waals surface area contributed by atoms with Gasteiger partial charge in [0.05, 0.1) is 17.5 Å². The van der Waals surface area contributed by atoms with Crippen molar-refractivity contribution in [1.29, 1.82) is 0 Å². The summed E-state index contributed by atoms with van der Waals surface area (Å²) in [6, 6.07) is 0. The zero-order valence-electron chi connectivity index (χ0n) is 11.7. The summed E-state index contributed by atoms with van der Waals surface area (Å²) in [6.07, 6.45) is 7.02. The van der Waals surface area contributed by atoms with E-state index < -0.39 is 0 Å². The normalized spacial score (nSPS) is 11.4. The van der Waals surface area contributed by atoms with Crippen molar-refractivity contribution in [3.8, 4) is 0 Å². The molecule has 0 aliphatic carbocycles. The predicted octanol–water partition coefficient (Wildman–Crippen LogP) is 2.15. The molecule has 5 heteroatoms. The number of allylic oxidation sites excluding steroid dienone is 1. The summed E-state index contributed by atoms with van der Waals surface area (Å²) >= 11 is 0. The monoisotopic (exact) mass is 258 g/mol. The van der Waals surface area contributed by atoms with Crippen LogP contribution in [0.25, 0.3) is 6.08 Å². The number of hydrogen-bond acceptors (Lipinski definition) is 3. The number of aromatic nitrogens is 4. The van der Waals surface area contributed by atoms with Crippen molar-refractivity contribution in [2.45, 2.75) is 27.3 Å². The predicted molar refractivity (Wildman–Crippen MR) is 73.9 cm³/mol. The number of carbonyl (C=O) groups excluding carboxylic acids is 1. The van der Waals surface area contributed by atoms with E-state index in [2.05, 4.69) is 10.2 Å². The highest BCUT2D eigenvalue weighted by molar-refractivity contribution is 6.08. The Morgan fingerprint density at radius 3 is 2.68 bits per heavy atom. The van der Waals surface area contributed by atoms with Gasteiger partial charge in [-0.15, -0.1) is 0 Å². The first-order valence-electron chi connectivity index (χ1n) is 6.28. The van der Waals surface area contributed by atoms with E-state index in [0.29, 0.717) is 5.56 Å². The highest BCUT2D eigenvalue weighted by Gasteiger charge is 2.14. The van der Waals surface area contributed by atoms with Crippen LogP contribution in [0.2, 0.25) is 0 Å². The molecule has 0 aliphatic heterocycles. The van der Waals surface area contributed by atoms with E-state index in [1.165, 1.54) is 0 Å². The van der Waals surface area contributed by atoms with Crippen LogP contribution in [0.15, 0.2) is 18.5 Å². The minimum Gasteiger partial charge on any atom is -0.289 e. The average Bonchev–Trinajstić information content (AvgIpc) is 2.93. The lowest BCUT2D eigenvalue weighted by atomic mass is 10.1. The molecule has 0 unspecified atom stereocenters. The molecule has 19 heavy (non-hydrogen) atoms. The van der Waals surface area contributed by atoms with Gasteiger partial charge in [-0.3, -0.25) is 14.2 Å². The van der Waals surface area contributed by atoms with Gasteiger partial charge in [-0.05, 0) is 32.9 Å². The van der Waals surface area contributed by atoms with Crippen LogP contribution in [0.3, 0.4) is 0 Å². The van der Waals surface area contributed by atoms with Crippen molar-refractivity contribution in [3.05, 3.63) is 41.0 Å². The minimum atomic E-state index is -0.0210. The molecule has 0 radical (unpaired) electrons. The summed E-state index contributed by atoms with van der Waals surface area (Å²) < 4.78 is 3.55. The van der Waals surface area contributed by atoms with E-state index in [1.54, 1.807) is 23.0 Å². The lowest BCUT2D eigenvalue weighted by molar-refractivity contribution is 0.104. The minimum absolute atomic E-state index is 0.0210. The van der Waals surface area contributed by atoms with Crippen molar-refractivity contribution in [3.63, 3.8) is 0 Å². The van der Waals surface area contributed by atoms with E-state index in [9.17, 15) is 4.79 Å². The summed E-state index contributed by atoms with van der Waals surface area (Å²) in [5, 5.41) is 8.41. The van der Waals surface area contributed by atoms with Crippen molar-refractivity contribution in [1.82, 2.24) is 19.6 Å². The van der Waals surface area contributed by atoms with Crippen molar-refractivity contribution in [2.75, 3.05) is 0 Å². The summed E-state index contributed by atoms with van der Waals surface area (Å²) in [7, 11) is 1.84. The molecule has 0 fully saturated rings. The number of carbonyl (C=O) groups is 1. The molecule has 0 N–H and O–H groups in total. The van der Waals surface area contributed by atoms with Gasteiger partial charge in [0.1, 0.15) is 0 Å². The van der Waals surface area contributed by atoms with E-state index in [0.717, 1.165) is 23.5 Å². The second-order valence-corrected chi connectivity index (χ2v) is 4.50. The van der Waals surface area contributed by atoms with Gasteiger partial charge >= 0.3 is 0 Å². The number of hydrogen-bond donors (Lipinski definition) is 0. The van der Waals surface area contributed by atoms with E-state index in [1.807, 2.05) is 38.7 Å². The molecule has 0 atom stereocenters. The Morgan fingerprint density at radius 2 is 2.16 bits per heavy atom. The summed E-state index contributed by atoms with van der Waals surface area (Å²) in [5.74, 6) is -0.0210. The molecule has 2 aromatic heterocycles. The third-order valence-corrected chi connectivity index (χ3v) is 3.16. The van der Waals surface area contributed by atoms with Gasteiger partial charge in [-0.25, -0.2) is 0 Å². The molecular formula is C14H18N4O. The number of aryl methyl sites for hydroxylation is 3. The largest absolute Gasteiger partial charge is 0.289 e. The third-order valence-electron chi connectivity index (χ3n) is 3.16. The fraction of sp³-hybridized carbons (Fsp3) is 0.357. The Hall–Kier alpha value is -2.17. The van der Waals surface area contributed by atoms with Crippen LogP contribution in [-0.4, -0.2) is 25.3 Å². The van der Waals surface area contributed by atoms with Crippen LogP contribution in [0.5, 0.6) is 0 Å². The first kappa shape index (κ1) is 13.3. The standard InChI is InChI=1S/C14H18N4O/c1-5-18-9-12(8-15-18)6-7-13(19)14-10(2)16-17(4)11(14)3/h6-9H,5H2,1-4H3/b7-6+. The smallest absolute Gasteiger partial charge is 0.189 e. The van der Waals surface area contributed by atoms with Gasteiger partial charge < -0.3 is 0 Å². The van der Waals surface area contributed by atoms with E-state index >= 15 is 0 Å². The molecule has 5 nitrogen and oxygen atoms in total. The van der Waals surface area contributed by atoms with Crippen LogP contribution in [-0.2, 0) is 13.6 Å². The van der Waals surface area contributed by atoms with Crippen LogP contribution in [0.4, 0.5) is 0 Å². The zero-order valence-corrected chi connectivity index (χ0v) is 11.7. The molecule has 2 aromatic rings. The van der Waals surface area contributed by atoms with Gasteiger partial charge in [0.2, 0.25) is 0 Å². The highest BCUT2D eigenvalue weighted by Crippen LogP contribution is 2.14. The molecule has 2 rings (SSSR count). The second kappa shape index (κ2) is 5.22. The average molecular weight is 258 g/mol. The fourth-order valence-corrected chi connectivity index (χ4v) is 2.02. The summed E-state index contributed by atoms with van der Waals surface area (Å²) in [4.78, 5) is 12.2. The van der Waals surface area contributed by atoms with Crippen LogP contribution in [0.1, 0.15) is 34.2 Å². The van der Waals surface area contributed by atoms with Gasteiger partial charge in [0.15, 0.2) is 5.78 Å². The number of ketones is 1. The van der Waals surface area contributed by atoms with Crippen molar-refractivity contribution >= 4 is 11.9 Å². The maximum Gasteiger partial charge on any atom is 0.189 e. The molecule has 0 amide bonds. The van der Waals surface area contributed by atoms with Crippen LogP contribution < -0.4 is 0 Å². The summed E-state index contributed by atoms with van der Waals surface area (Å²) in [6.45, 7) is 6.59. The van der Waals surface area contributed by atoms with Gasteiger partial charge in [0, 0.05) is 31.0 Å². The molecule has 0 bridgehead atoms. The molecule has 0 spiro atoms. The quantitative estimate of drug-likeness (QED) is 0.623. The van der Waals surface area contributed by atoms with Crippen LogP contribution in [0, 0.1) is 13.8 Å². The zero-order chi connectivity index (χ0) is 14.0. The van der Waals surface area contributed by atoms with E-state index in [4.69, 9.17) is 0 Å². The van der Waals surface area contributed by atoms with Crippen molar-refractivity contribution in [2.24, 2.45) is 7.05 Å². The highest BCUT2D eigenvalue weighted by atomic mass is 16.1. The number of rotatable bonds is 4. The first-order valence-corrected chi connectivity index (χ1v) is 6.28. The van der Waals surface area contributed by atoms with Crippen LogP contribution >= 0.6 is 0 Å². The SMILES string of the molecule is CCn1cc(/C=C/C(=O)c2c(C)nn(C)c2C)cn1. The Bertz CT molecular complexity index is 634. The lowest BCUT2D eigenvalue weighted by Crippen LogP contribution is -1.99. The topological polar surface area (TPSA) is 52.7 Å². The van der Waals surface area contributed by atoms with Gasteiger partial charge in [0.25, 0.3) is 0 Å². The number of nitrogens with zero attached hydrogens (tertiary/aromatic N) is 4. The maximum absolute atomic E-state index is 12.2. The molecule has 0 saturated heterocycles. The molecule has 0 aliphatic rings. The van der Waals surface area contributed by atoms with E-state index in [-0.39, 0.29) is 5.78 Å². The van der Waals surface area contributed by atoms with Gasteiger partial charge in [-0.1, -0.05) is 0 Å². The first-order chi connectivity index (χ1) is 9.02. The maximum atomic E-state index is 12.2. The second-order valence-electron chi connectivity index (χ2n) is 4.50. The molecular weight excluding hydrogens is 240 g/mol.